The van der Waals surface area contributed by atoms with E-state index in [2.05, 4.69) is 38.9 Å². The highest BCUT2D eigenvalue weighted by Crippen LogP contribution is 2.32. The van der Waals surface area contributed by atoms with Gasteiger partial charge in [-0.05, 0) is 92.7 Å². The van der Waals surface area contributed by atoms with Crippen molar-refractivity contribution < 1.29 is 18.7 Å². The zero-order chi connectivity index (χ0) is 27.9. The number of ether oxygens (including phenoxy) is 2. The molecule has 1 atom stereocenters. The van der Waals surface area contributed by atoms with Crippen LogP contribution in [0.1, 0.15) is 59.1 Å². The topological polar surface area (TPSA) is 97.4 Å². The van der Waals surface area contributed by atoms with Gasteiger partial charge in [-0.2, -0.15) is 4.98 Å². The van der Waals surface area contributed by atoms with Crippen molar-refractivity contribution in [2.75, 3.05) is 37.5 Å². The number of amides is 1. The minimum atomic E-state index is -0.477. The van der Waals surface area contributed by atoms with Crippen LogP contribution in [0.3, 0.4) is 0 Å². The molecule has 0 saturated heterocycles. The van der Waals surface area contributed by atoms with Crippen molar-refractivity contribution in [3.8, 4) is 5.75 Å². The molecule has 0 aliphatic heterocycles. The lowest BCUT2D eigenvalue weighted by Crippen LogP contribution is -2.34. The summed E-state index contributed by atoms with van der Waals surface area (Å²) < 4.78 is 25.1. The molecule has 0 spiro atoms. The van der Waals surface area contributed by atoms with E-state index >= 15 is 0 Å². The Labute approximate surface area is 239 Å². The van der Waals surface area contributed by atoms with Gasteiger partial charge in [0.2, 0.25) is 5.95 Å². The highest BCUT2D eigenvalue weighted by atomic mass is 32.1. The van der Waals surface area contributed by atoms with Crippen molar-refractivity contribution in [2.45, 2.75) is 57.9 Å². The summed E-state index contributed by atoms with van der Waals surface area (Å²) in [5.74, 6) is 1.95. The van der Waals surface area contributed by atoms with Crippen LogP contribution in [0.15, 0.2) is 36.5 Å². The Bertz CT molecular complexity index is 1280. The standard InChI is InChI=1S/C30H38FN5O3S/c1-19-3-6-21-16-27(40-26(21)15-19)29(37)32-17-20-4-7-22(8-5-20)34-28-25(31)18-33-30(36-28)35-23-9-11-24(12-10-23)39-14-13-38-2/h9-12,16,18-20,22H,3-8,13-15,17H2,1-2H3,(H,32,37)(H2,33,34,35,36)/t19-,20-,22+/m0/s1. The molecule has 1 aromatic carbocycles. The number of methoxy groups -OCH3 is 1. The van der Waals surface area contributed by atoms with Crippen LogP contribution in [0.4, 0.5) is 21.8 Å². The fourth-order valence-corrected chi connectivity index (χ4v) is 6.64. The number of nitrogens with zero attached hydrogens (tertiary/aromatic N) is 2. The molecule has 0 radical (unpaired) electrons. The van der Waals surface area contributed by atoms with E-state index in [1.165, 1.54) is 23.1 Å². The largest absolute Gasteiger partial charge is 0.491 e. The third-order valence-electron chi connectivity index (χ3n) is 7.71. The number of rotatable bonds is 11. The van der Waals surface area contributed by atoms with Crippen LogP contribution in [-0.2, 0) is 17.6 Å². The average Bonchev–Trinajstić information content (AvgIpc) is 3.39. The summed E-state index contributed by atoms with van der Waals surface area (Å²) in [4.78, 5) is 23.5. The Balaban J connectivity index is 1.07. The molecule has 5 rings (SSSR count). The molecule has 10 heteroatoms. The van der Waals surface area contributed by atoms with E-state index in [-0.39, 0.29) is 17.8 Å². The van der Waals surface area contributed by atoms with Gasteiger partial charge in [-0.25, -0.2) is 9.37 Å². The fraction of sp³-hybridized carbons (Fsp3) is 0.500. The van der Waals surface area contributed by atoms with Gasteiger partial charge in [-0.3, -0.25) is 4.79 Å². The molecule has 0 bridgehead atoms. The summed E-state index contributed by atoms with van der Waals surface area (Å²) in [6, 6.07) is 9.62. The molecule has 8 nitrogen and oxygen atoms in total. The van der Waals surface area contributed by atoms with Crippen molar-refractivity contribution in [3.63, 3.8) is 0 Å². The number of thiophene rings is 1. The number of anilines is 3. The molecular weight excluding hydrogens is 529 g/mol. The quantitative estimate of drug-likeness (QED) is 0.246. The lowest BCUT2D eigenvalue weighted by molar-refractivity contribution is 0.0947. The fourth-order valence-electron chi connectivity index (χ4n) is 5.35. The minimum absolute atomic E-state index is 0.0450. The Kier molecular flexibility index (Phi) is 9.49. The Morgan fingerprint density at radius 2 is 1.93 bits per heavy atom. The number of hydrogen-bond acceptors (Lipinski definition) is 8. The van der Waals surface area contributed by atoms with Gasteiger partial charge in [0.1, 0.15) is 12.4 Å². The molecule has 2 aliphatic carbocycles. The number of carbonyl (C=O) groups is 1. The smallest absolute Gasteiger partial charge is 0.261 e. The molecule has 40 heavy (non-hydrogen) atoms. The van der Waals surface area contributed by atoms with E-state index in [4.69, 9.17) is 9.47 Å². The lowest BCUT2D eigenvalue weighted by Gasteiger charge is -2.29. The highest BCUT2D eigenvalue weighted by molar-refractivity contribution is 7.14. The zero-order valence-electron chi connectivity index (χ0n) is 23.2. The SMILES string of the molecule is COCCOc1ccc(Nc2ncc(F)c(N[C@H]3CC[C@@H](CNC(=O)c4cc5c(s4)C[C@@H](C)CC5)CC3)n2)cc1. The third-order valence-corrected chi connectivity index (χ3v) is 8.91. The van der Waals surface area contributed by atoms with E-state index in [0.717, 1.165) is 54.8 Å². The van der Waals surface area contributed by atoms with E-state index in [1.807, 2.05) is 24.3 Å². The van der Waals surface area contributed by atoms with Crippen LogP contribution in [0.5, 0.6) is 5.75 Å². The lowest BCUT2D eigenvalue weighted by atomic mass is 9.86. The molecule has 0 unspecified atom stereocenters. The Morgan fingerprint density at radius 3 is 2.70 bits per heavy atom. The second-order valence-corrected chi connectivity index (χ2v) is 12.0. The molecule has 2 aromatic heterocycles. The van der Waals surface area contributed by atoms with Crippen molar-refractivity contribution in [1.29, 1.82) is 0 Å². The predicted octanol–water partition coefficient (Wildman–Crippen LogP) is 5.97. The Morgan fingerprint density at radius 1 is 1.12 bits per heavy atom. The molecule has 1 saturated carbocycles. The van der Waals surface area contributed by atoms with Crippen molar-refractivity contribution in [3.05, 3.63) is 57.7 Å². The van der Waals surface area contributed by atoms with E-state index < -0.39 is 5.82 Å². The first-order valence-corrected chi connectivity index (χ1v) is 15.0. The maximum Gasteiger partial charge on any atom is 0.261 e. The number of fused-ring (bicyclic) bond motifs is 1. The van der Waals surface area contributed by atoms with Crippen LogP contribution >= 0.6 is 11.3 Å². The minimum Gasteiger partial charge on any atom is -0.491 e. The van der Waals surface area contributed by atoms with Gasteiger partial charge in [-0.15, -0.1) is 11.3 Å². The average molecular weight is 568 g/mol. The monoisotopic (exact) mass is 567 g/mol. The number of benzene rings is 1. The van der Waals surface area contributed by atoms with Gasteiger partial charge < -0.3 is 25.4 Å². The molecule has 2 aliphatic rings. The summed E-state index contributed by atoms with van der Waals surface area (Å²) in [5.41, 5.74) is 2.13. The van der Waals surface area contributed by atoms with Crippen LogP contribution < -0.4 is 20.7 Å². The summed E-state index contributed by atoms with van der Waals surface area (Å²) in [7, 11) is 1.63. The highest BCUT2D eigenvalue weighted by Gasteiger charge is 2.24. The predicted molar refractivity (Wildman–Crippen MR) is 156 cm³/mol. The number of hydrogen-bond donors (Lipinski definition) is 3. The molecule has 1 fully saturated rings. The van der Waals surface area contributed by atoms with Crippen molar-refractivity contribution in [2.24, 2.45) is 11.8 Å². The first-order chi connectivity index (χ1) is 19.5. The number of halogens is 1. The first kappa shape index (κ1) is 28.3. The van der Waals surface area contributed by atoms with Crippen molar-refractivity contribution in [1.82, 2.24) is 15.3 Å². The zero-order valence-corrected chi connectivity index (χ0v) is 24.0. The molecule has 3 aromatic rings. The van der Waals surface area contributed by atoms with Gasteiger partial charge >= 0.3 is 0 Å². The second-order valence-electron chi connectivity index (χ2n) is 10.9. The van der Waals surface area contributed by atoms with Gasteiger partial charge in [0.15, 0.2) is 11.6 Å². The molecule has 3 N–H and O–H groups in total. The van der Waals surface area contributed by atoms with Crippen LogP contribution in [0, 0.1) is 17.7 Å². The maximum atomic E-state index is 14.5. The number of aryl methyl sites for hydroxylation is 1. The maximum absolute atomic E-state index is 14.5. The van der Waals surface area contributed by atoms with Crippen LogP contribution in [0.2, 0.25) is 0 Å². The molecule has 2 heterocycles. The second kappa shape index (κ2) is 13.4. The summed E-state index contributed by atoms with van der Waals surface area (Å²) in [5, 5.41) is 9.55. The molecule has 1 amide bonds. The Hall–Kier alpha value is -3.24. The molecular formula is C30H38FN5O3S. The third kappa shape index (κ3) is 7.48. The number of nitrogens with one attached hydrogen (secondary N) is 3. The van der Waals surface area contributed by atoms with Gasteiger partial charge in [0.05, 0.1) is 17.7 Å². The number of carbonyl (C=O) groups excluding carboxylic acids is 1. The number of aromatic nitrogens is 2. The van der Waals surface area contributed by atoms with E-state index in [1.54, 1.807) is 18.4 Å². The first-order valence-electron chi connectivity index (χ1n) is 14.1. The van der Waals surface area contributed by atoms with Crippen LogP contribution in [-0.4, -0.2) is 48.8 Å². The van der Waals surface area contributed by atoms with Gasteiger partial charge in [-0.1, -0.05) is 6.92 Å². The summed E-state index contributed by atoms with van der Waals surface area (Å²) in [6.07, 6.45) is 8.28. The van der Waals surface area contributed by atoms with Gasteiger partial charge in [0.25, 0.3) is 5.91 Å². The van der Waals surface area contributed by atoms with Crippen molar-refractivity contribution >= 4 is 34.7 Å². The van der Waals surface area contributed by atoms with Crippen LogP contribution in [0.25, 0.3) is 0 Å². The van der Waals surface area contributed by atoms with E-state index in [0.29, 0.717) is 37.5 Å². The summed E-state index contributed by atoms with van der Waals surface area (Å²) >= 11 is 1.66. The normalized spacial score (nSPS) is 20.4. The molecule has 214 valence electrons. The summed E-state index contributed by atoms with van der Waals surface area (Å²) in [6.45, 7) is 3.96. The van der Waals surface area contributed by atoms with Gasteiger partial charge in [0, 0.05) is 30.3 Å². The van der Waals surface area contributed by atoms with E-state index in [9.17, 15) is 9.18 Å².